The Bertz CT molecular complexity index is 1560. The predicted molar refractivity (Wildman–Crippen MR) is 153 cm³/mol. The van der Waals surface area contributed by atoms with Gasteiger partial charge >= 0.3 is 0 Å². The van der Waals surface area contributed by atoms with Gasteiger partial charge in [-0.3, -0.25) is 5.01 Å². The molecule has 1 aliphatic heterocycles. The lowest BCUT2D eigenvalue weighted by Gasteiger charge is -2.40. The lowest BCUT2D eigenvalue weighted by molar-refractivity contribution is 0.475. The van der Waals surface area contributed by atoms with Gasteiger partial charge in [-0.05, 0) is 89.0 Å². The summed E-state index contributed by atoms with van der Waals surface area (Å²) in [6.45, 7) is 4.53. The lowest BCUT2D eigenvalue weighted by atomic mass is 9.73. The number of hydrogen-bond donors (Lipinski definition) is 2. The summed E-state index contributed by atoms with van der Waals surface area (Å²) in [6, 6.07) is 41.1. The Balaban J connectivity index is 1.39. The van der Waals surface area contributed by atoms with Crippen LogP contribution in [0.3, 0.4) is 0 Å². The molecule has 6 rings (SSSR count). The molecule has 0 unspecified atom stereocenters. The van der Waals surface area contributed by atoms with Gasteiger partial charge in [0.05, 0.1) is 11.4 Å². The second-order valence-electron chi connectivity index (χ2n) is 9.98. The van der Waals surface area contributed by atoms with Crippen LogP contribution in [-0.2, 0) is 5.41 Å². The third kappa shape index (κ3) is 3.92. The van der Waals surface area contributed by atoms with Crippen molar-refractivity contribution in [1.29, 1.82) is 0 Å². The number of fused-ring (bicyclic) bond motifs is 2. The van der Waals surface area contributed by atoms with Crippen molar-refractivity contribution in [3.8, 4) is 16.9 Å². The average molecular weight is 484 g/mol. The van der Waals surface area contributed by atoms with Crippen molar-refractivity contribution < 1.29 is 5.11 Å². The molecule has 0 amide bonds. The zero-order valence-electron chi connectivity index (χ0n) is 21.0. The summed E-state index contributed by atoms with van der Waals surface area (Å²) in [6.07, 6.45) is 0. The first-order valence-corrected chi connectivity index (χ1v) is 12.5. The van der Waals surface area contributed by atoms with Crippen molar-refractivity contribution in [2.45, 2.75) is 19.3 Å². The van der Waals surface area contributed by atoms with Crippen LogP contribution in [0, 0.1) is 0 Å². The number of benzene rings is 5. The molecule has 4 heteroatoms. The van der Waals surface area contributed by atoms with Gasteiger partial charge in [-0.2, -0.15) is 0 Å². The number of para-hydroxylation sites is 2. The van der Waals surface area contributed by atoms with Crippen molar-refractivity contribution in [3.05, 3.63) is 132 Å². The molecule has 1 heterocycles. The predicted octanol–water partition coefficient (Wildman–Crippen LogP) is 8.18. The highest BCUT2D eigenvalue weighted by Gasteiger charge is 2.35. The zero-order valence-corrected chi connectivity index (χ0v) is 21.0. The van der Waals surface area contributed by atoms with Crippen molar-refractivity contribution >= 4 is 28.4 Å². The molecule has 0 radical (unpaired) electrons. The molecule has 0 bridgehead atoms. The van der Waals surface area contributed by atoms with Gasteiger partial charge in [-0.15, -0.1) is 0 Å². The number of hydrazine groups is 1. The van der Waals surface area contributed by atoms with Crippen molar-refractivity contribution in [1.82, 2.24) is 0 Å². The first-order valence-electron chi connectivity index (χ1n) is 12.5. The molecule has 182 valence electrons. The van der Waals surface area contributed by atoms with E-state index in [1.165, 1.54) is 11.1 Å². The zero-order chi connectivity index (χ0) is 25.6. The van der Waals surface area contributed by atoms with E-state index in [2.05, 4.69) is 91.5 Å². The summed E-state index contributed by atoms with van der Waals surface area (Å²) in [4.78, 5) is 2.18. The van der Waals surface area contributed by atoms with Gasteiger partial charge in [0.25, 0.3) is 0 Å². The molecule has 3 N–H and O–H groups in total. The minimum Gasteiger partial charge on any atom is -0.508 e. The second kappa shape index (κ2) is 8.84. The fourth-order valence-electron chi connectivity index (χ4n) is 5.34. The molecule has 5 aromatic rings. The Morgan fingerprint density at radius 3 is 1.84 bits per heavy atom. The Morgan fingerprint density at radius 1 is 0.595 bits per heavy atom. The van der Waals surface area contributed by atoms with Gasteiger partial charge in [0.1, 0.15) is 5.75 Å². The van der Waals surface area contributed by atoms with Gasteiger partial charge in [0.2, 0.25) is 0 Å². The largest absolute Gasteiger partial charge is 0.508 e. The summed E-state index contributed by atoms with van der Waals surface area (Å²) >= 11 is 0. The van der Waals surface area contributed by atoms with Crippen molar-refractivity contribution in [2.75, 3.05) is 9.91 Å². The van der Waals surface area contributed by atoms with Crippen LogP contribution >= 0.6 is 0 Å². The van der Waals surface area contributed by atoms with E-state index in [4.69, 9.17) is 5.84 Å². The number of aromatic hydroxyl groups is 1. The third-order valence-electron chi connectivity index (χ3n) is 7.35. The monoisotopic (exact) mass is 483 g/mol. The highest BCUT2D eigenvalue weighted by Crippen LogP contribution is 2.48. The molecule has 37 heavy (non-hydrogen) atoms. The van der Waals surface area contributed by atoms with Crippen LogP contribution in [0.25, 0.3) is 11.1 Å². The first kappa shape index (κ1) is 22.9. The number of hydrogen-bond acceptors (Lipinski definition) is 4. The maximum Gasteiger partial charge on any atom is 0.115 e. The van der Waals surface area contributed by atoms with E-state index in [1.54, 1.807) is 17.1 Å². The molecule has 0 atom stereocenters. The van der Waals surface area contributed by atoms with E-state index in [0.717, 1.165) is 39.6 Å². The minimum absolute atomic E-state index is 0.166. The molecule has 0 spiro atoms. The van der Waals surface area contributed by atoms with Crippen LogP contribution in [-0.4, -0.2) is 5.11 Å². The molecule has 1 aliphatic rings. The van der Waals surface area contributed by atoms with Crippen molar-refractivity contribution in [3.63, 3.8) is 0 Å². The molecule has 0 aliphatic carbocycles. The number of phenolic OH excluding ortho intramolecular Hbond substituents is 1. The van der Waals surface area contributed by atoms with E-state index in [-0.39, 0.29) is 11.2 Å². The lowest BCUT2D eigenvalue weighted by Crippen LogP contribution is -2.36. The standard InChI is InChI=1S/C33H29N3O/c1-33(2)29-10-6-7-11-31(29)36(34)32-21-14-24(22-30(32)33)23-12-15-26(16-13-23)35(25-8-4-3-5-9-25)27-17-19-28(37)20-18-27/h3-22,37H,34H2,1-2H3. The summed E-state index contributed by atoms with van der Waals surface area (Å²) in [5, 5.41) is 11.6. The summed E-state index contributed by atoms with van der Waals surface area (Å²) in [7, 11) is 0. The Morgan fingerprint density at radius 2 is 1.14 bits per heavy atom. The fourth-order valence-corrected chi connectivity index (χ4v) is 5.34. The highest BCUT2D eigenvalue weighted by molar-refractivity contribution is 5.82. The number of phenols is 1. The van der Waals surface area contributed by atoms with E-state index >= 15 is 0 Å². The normalized spacial score (nSPS) is 13.5. The van der Waals surface area contributed by atoms with Gasteiger partial charge in [-0.25, -0.2) is 5.84 Å². The Hall–Kier alpha value is -4.54. The van der Waals surface area contributed by atoms with Crippen LogP contribution in [0.5, 0.6) is 5.75 Å². The van der Waals surface area contributed by atoms with E-state index in [0.29, 0.717) is 0 Å². The van der Waals surface area contributed by atoms with E-state index < -0.39 is 0 Å². The van der Waals surface area contributed by atoms with Gasteiger partial charge in [0.15, 0.2) is 0 Å². The maximum absolute atomic E-state index is 9.80. The molecule has 0 fully saturated rings. The van der Waals surface area contributed by atoms with Crippen molar-refractivity contribution in [2.24, 2.45) is 5.84 Å². The van der Waals surface area contributed by atoms with Crippen LogP contribution in [0.2, 0.25) is 0 Å². The quantitative estimate of drug-likeness (QED) is 0.253. The van der Waals surface area contributed by atoms with Crippen LogP contribution in [0.1, 0.15) is 25.0 Å². The molecular weight excluding hydrogens is 454 g/mol. The van der Waals surface area contributed by atoms with Gasteiger partial charge in [-0.1, -0.05) is 68.4 Å². The Labute approximate surface area is 217 Å². The minimum atomic E-state index is -0.166. The van der Waals surface area contributed by atoms with Crippen LogP contribution in [0.15, 0.2) is 121 Å². The molecule has 0 saturated carbocycles. The molecule has 4 nitrogen and oxygen atoms in total. The third-order valence-corrected chi connectivity index (χ3v) is 7.35. The summed E-state index contributed by atoms with van der Waals surface area (Å²) in [5.41, 5.74) is 9.73. The topological polar surface area (TPSA) is 52.7 Å². The summed E-state index contributed by atoms with van der Waals surface area (Å²) in [5.74, 6) is 6.80. The molecule has 0 saturated heterocycles. The van der Waals surface area contributed by atoms with E-state index in [9.17, 15) is 5.11 Å². The fraction of sp³-hybridized carbons (Fsp3) is 0.0909. The molecule has 5 aromatic carbocycles. The number of nitrogens with two attached hydrogens (primary N) is 1. The SMILES string of the molecule is CC1(C)c2ccccc2N(N)c2ccc(-c3ccc(N(c4ccccc4)c4ccc(O)cc4)cc3)cc21. The van der Waals surface area contributed by atoms with Crippen LogP contribution < -0.4 is 15.8 Å². The number of nitrogens with zero attached hydrogens (tertiary/aromatic N) is 2. The smallest absolute Gasteiger partial charge is 0.115 e. The maximum atomic E-state index is 9.80. The molecular formula is C33H29N3O. The average Bonchev–Trinajstić information content (AvgIpc) is 2.94. The van der Waals surface area contributed by atoms with E-state index in [1.807, 2.05) is 36.4 Å². The summed E-state index contributed by atoms with van der Waals surface area (Å²) < 4.78 is 0. The van der Waals surface area contributed by atoms with Gasteiger partial charge in [0, 0.05) is 22.5 Å². The van der Waals surface area contributed by atoms with Crippen LogP contribution in [0.4, 0.5) is 28.4 Å². The highest BCUT2D eigenvalue weighted by atomic mass is 16.3. The molecule has 0 aromatic heterocycles. The second-order valence-corrected chi connectivity index (χ2v) is 9.98. The van der Waals surface area contributed by atoms with Gasteiger partial charge < -0.3 is 10.0 Å². The number of rotatable bonds is 4. The number of anilines is 5. The first-order chi connectivity index (χ1) is 17.9. The Kier molecular flexibility index (Phi) is 5.47.